The lowest BCUT2D eigenvalue weighted by Crippen LogP contribution is -2.51. The number of hydrogen-bond acceptors (Lipinski definition) is 3. The van der Waals surface area contributed by atoms with Crippen LogP contribution in [0.15, 0.2) is 72.8 Å². The molecule has 0 aliphatic carbocycles. The molecule has 3 aromatic rings. The molecule has 1 N–H and O–H groups in total. The van der Waals surface area contributed by atoms with Gasteiger partial charge < -0.3 is 15.0 Å². The van der Waals surface area contributed by atoms with Gasteiger partial charge in [-0.05, 0) is 35.9 Å². The summed E-state index contributed by atoms with van der Waals surface area (Å²) in [5.41, 5.74) is 1.46. The van der Waals surface area contributed by atoms with E-state index in [9.17, 15) is 9.59 Å². The van der Waals surface area contributed by atoms with Crippen LogP contribution >= 0.6 is 34.8 Å². The van der Waals surface area contributed by atoms with Crippen LogP contribution in [-0.4, -0.2) is 36.4 Å². The van der Waals surface area contributed by atoms with Crippen molar-refractivity contribution in [3.05, 3.63) is 99.0 Å². The summed E-state index contributed by atoms with van der Waals surface area (Å²) in [6.07, 6.45) is 0.311. The maximum atomic E-state index is 13.4. The summed E-state index contributed by atoms with van der Waals surface area (Å²) in [5, 5.41) is 3.97. The molecule has 0 unspecified atom stereocenters. The van der Waals surface area contributed by atoms with Gasteiger partial charge in [0.25, 0.3) is 5.91 Å². The predicted molar refractivity (Wildman–Crippen MR) is 132 cm³/mol. The van der Waals surface area contributed by atoms with Crippen LogP contribution < -0.4 is 10.1 Å². The molecule has 1 atom stereocenters. The Kier molecular flexibility index (Phi) is 9.01. The maximum absolute atomic E-state index is 13.4. The number of rotatable bonds is 9. The standard InChI is InChI=1S/C25H23Cl3N2O3/c1-29-25(32)23(13-17-7-3-2-4-8-17)30(15-20-21(27)11-6-12-22(20)28)24(31)16-33-19-10-5-9-18(26)14-19/h2-12,14,23H,13,15-16H2,1H3,(H,29,32)/t23-/m1/s1. The summed E-state index contributed by atoms with van der Waals surface area (Å²) in [4.78, 5) is 27.7. The first-order valence-electron chi connectivity index (χ1n) is 10.2. The van der Waals surface area contributed by atoms with E-state index in [1.54, 1.807) is 42.5 Å². The summed E-state index contributed by atoms with van der Waals surface area (Å²) in [7, 11) is 1.54. The lowest BCUT2D eigenvalue weighted by atomic mass is 10.0. The van der Waals surface area contributed by atoms with Gasteiger partial charge in [0, 0.05) is 40.6 Å². The van der Waals surface area contributed by atoms with Crippen molar-refractivity contribution in [2.24, 2.45) is 0 Å². The number of carbonyl (C=O) groups excluding carboxylic acids is 2. The number of halogens is 3. The van der Waals surface area contributed by atoms with Gasteiger partial charge in [0.15, 0.2) is 6.61 Å². The predicted octanol–water partition coefficient (Wildman–Crippen LogP) is 5.41. The SMILES string of the molecule is CNC(=O)[C@@H](Cc1ccccc1)N(Cc1c(Cl)cccc1Cl)C(=O)COc1cccc(Cl)c1. The van der Waals surface area contributed by atoms with Gasteiger partial charge in [-0.25, -0.2) is 0 Å². The zero-order valence-corrected chi connectivity index (χ0v) is 20.2. The molecule has 0 bridgehead atoms. The highest BCUT2D eigenvalue weighted by molar-refractivity contribution is 6.36. The van der Waals surface area contributed by atoms with Gasteiger partial charge in [-0.2, -0.15) is 0 Å². The molecule has 33 heavy (non-hydrogen) atoms. The Bertz CT molecular complexity index is 1090. The van der Waals surface area contributed by atoms with Crippen molar-refractivity contribution < 1.29 is 14.3 Å². The van der Waals surface area contributed by atoms with E-state index in [-0.39, 0.29) is 19.1 Å². The van der Waals surface area contributed by atoms with Crippen molar-refractivity contribution in [1.29, 1.82) is 0 Å². The Balaban J connectivity index is 1.92. The third kappa shape index (κ3) is 6.87. The first kappa shape index (κ1) is 24.9. The molecule has 0 saturated carbocycles. The van der Waals surface area contributed by atoms with Gasteiger partial charge >= 0.3 is 0 Å². The molecule has 5 nitrogen and oxygen atoms in total. The summed E-state index contributed by atoms with van der Waals surface area (Å²) >= 11 is 18.8. The van der Waals surface area contributed by atoms with Crippen LogP contribution in [0.3, 0.4) is 0 Å². The number of ether oxygens (including phenoxy) is 1. The van der Waals surface area contributed by atoms with E-state index in [2.05, 4.69) is 5.32 Å². The van der Waals surface area contributed by atoms with Crippen molar-refractivity contribution >= 4 is 46.6 Å². The van der Waals surface area contributed by atoms with Gasteiger partial charge in [-0.15, -0.1) is 0 Å². The van der Waals surface area contributed by atoms with Crippen LogP contribution in [0.25, 0.3) is 0 Å². The molecule has 3 rings (SSSR count). The average Bonchev–Trinajstić information content (AvgIpc) is 2.81. The highest BCUT2D eigenvalue weighted by Gasteiger charge is 2.31. The van der Waals surface area contributed by atoms with Crippen LogP contribution in [0.1, 0.15) is 11.1 Å². The molecule has 0 radical (unpaired) electrons. The van der Waals surface area contributed by atoms with Crippen LogP contribution in [0.4, 0.5) is 0 Å². The number of hydrogen-bond donors (Lipinski definition) is 1. The highest BCUT2D eigenvalue weighted by atomic mass is 35.5. The van der Waals surface area contributed by atoms with E-state index < -0.39 is 11.9 Å². The third-order valence-electron chi connectivity index (χ3n) is 5.07. The van der Waals surface area contributed by atoms with Gasteiger partial charge in [-0.3, -0.25) is 9.59 Å². The third-order valence-corrected chi connectivity index (χ3v) is 6.01. The Hall–Kier alpha value is -2.73. The normalized spacial score (nSPS) is 11.5. The molecule has 0 heterocycles. The first-order chi connectivity index (χ1) is 15.9. The van der Waals surface area contributed by atoms with E-state index in [1.807, 2.05) is 30.3 Å². The van der Waals surface area contributed by atoms with E-state index in [0.29, 0.717) is 32.8 Å². The fraction of sp³-hybridized carbons (Fsp3) is 0.200. The summed E-state index contributed by atoms with van der Waals surface area (Å²) in [5.74, 6) is -0.250. The molecule has 0 aromatic heterocycles. The van der Waals surface area contributed by atoms with Crippen LogP contribution in [0, 0.1) is 0 Å². The molecule has 0 aliphatic rings. The molecule has 8 heteroatoms. The lowest BCUT2D eigenvalue weighted by molar-refractivity contribution is -0.142. The monoisotopic (exact) mass is 504 g/mol. The Morgan fingerprint density at radius 1 is 0.939 bits per heavy atom. The van der Waals surface area contributed by atoms with Crippen LogP contribution in [-0.2, 0) is 22.6 Å². The van der Waals surface area contributed by atoms with Gasteiger partial charge in [-0.1, -0.05) is 77.3 Å². The molecule has 3 aromatic carbocycles. The second kappa shape index (κ2) is 11.9. The molecular weight excluding hydrogens is 483 g/mol. The van der Waals surface area contributed by atoms with E-state index in [1.165, 1.54) is 11.9 Å². The van der Waals surface area contributed by atoms with Crippen molar-refractivity contribution in [1.82, 2.24) is 10.2 Å². The molecule has 0 fully saturated rings. The van der Waals surface area contributed by atoms with Gasteiger partial charge in [0.1, 0.15) is 11.8 Å². The second-order valence-corrected chi connectivity index (χ2v) is 8.54. The summed E-state index contributed by atoms with van der Waals surface area (Å²) < 4.78 is 5.67. The topological polar surface area (TPSA) is 58.6 Å². The van der Waals surface area contributed by atoms with E-state index in [4.69, 9.17) is 39.5 Å². The van der Waals surface area contributed by atoms with Crippen molar-refractivity contribution in [2.75, 3.05) is 13.7 Å². The largest absolute Gasteiger partial charge is 0.484 e. The number of amides is 2. The minimum Gasteiger partial charge on any atom is -0.484 e. The van der Waals surface area contributed by atoms with Crippen molar-refractivity contribution in [3.8, 4) is 5.75 Å². The Morgan fingerprint density at radius 2 is 1.61 bits per heavy atom. The van der Waals surface area contributed by atoms with Crippen LogP contribution in [0.2, 0.25) is 15.1 Å². The van der Waals surface area contributed by atoms with Crippen molar-refractivity contribution in [2.45, 2.75) is 19.0 Å². The fourth-order valence-electron chi connectivity index (χ4n) is 3.36. The average molecular weight is 506 g/mol. The Labute approximate surface area is 208 Å². The minimum absolute atomic E-state index is 0.0428. The molecular formula is C25H23Cl3N2O3. The number of nitrogens with one attached hydrogen (secondary N) is 1. The second-order valence-electron chi connectivity index (χ2n) is 7.29. The first-order valence-corrected chi connectivity index (χ1v) is 11.4. The Morgan fingerprint density at radius 3 is 2.24 bits per heavy atom. The van der Waals surface area contributed by atoms with E-state index >= 15 is 0 Å². The zero-order chi connectivity index (χ0) is 23.8. The van der Waals surface area contributed by atoms with Crippen LogP contribution in [0.5, 0.6) is 5.75 Å². The summed E-state index contributed by atoms with van der Waals surface area (Å²) in [6, 6.07) is 20.5. The molecule has 0 aliphatic heterocycles. The van der Waals surface area contributed by atoms with E-state index in [0.717, 1.165) is 5.56 Å². The lowest BCUT2D eigenvalue weighted by Gasteiger charge is -2.31. The zero-order valence-electron chi connectivity index (χ0n) is 17.9. The van der Waals surface area contributed by atoms with Gasteiger partial charge in [0.2, 0.25) is 5.91 Å². The maximum Gasteiger partial charge on any atom is 0.261 e. The molecule has 2 amide bonds. The molecule has 0 spiro atoms. The smallest absolute Gasteiger partial charge is 0.261 e. The summed E-state index contributed by atoms with van der Waals surface area (Å²) in [6.45, 7) is -0.244. The number of benzene rings is 3. The quantitative estimate of drug-likeness (QED) is 0.423. The highest BCUT2D eigenvalue weighted by Crippen LogP contribution is 2.27. The number of carbonyl (C=O) groups is 2. The van der Waals surface area contributed by atoms with Crippen molar-refractivity contribution in [3.63, 3.8) is 0 Å². The number of likely N-dealkylation sites (N-methyl/N-ethyl adjacent to an activating group) is 1. The van der Waals surface area contributed by atoms with Gasteiger partial charge in [0.05, 0.1) is 0 Å². The molecule has 172 valence electrons. The molecule has 0 saturated heterocycles. The fourth-order valence-corrected chi connectivity index (χ4v) is 4.06. The minimum atomic E-state index is -0.805. The number of nitrogens with zero attached hydrogens (tertiary/aromatic N) is 1.